The zero-order chi connectivity index (χ0) is 19.2. The summed E-state index contributed by atoms with van der Waals surface area (Å²) in [6.07, 6.45) is -0.475. The van der Waals surface area contributed by atoms with Crippen molar-refractivity contribution in [2.75, 3.05) is 35.0 Å². The van der Waals surface area contributed by atoms with Crippen molar-refractivity contribution in [3.8, 4) is 17.2 Å². The summed E-state index contributed by atoms with van der Waals surface area (Å²) in [7, 11) is 2.14. The largest absolute Gasteiger partial charge is 0.497 e. The van der Waals surface area contributed by atoms with Crippen molar-refractivity contribution in [2.24, 2.45) is 0 Å². The molecular weight excluding hydrogens is 358 g/mol. The first-order valence-corrected chi connectivity index (χ1v) is 9.32. The van der Waals surface area contributed by atoms with E-state index in [-0.39, 0.29) is 17.2 Å². The van der Waals surface area contributed by atoms with E-state index < -0.39 is 16.1 Å². The van der Waals surface area contributed by atoms with Crippen LogP contribution >= 0.6 is 0 Å². The van der Waals surface area contributed by atoms with E-state index in [1.165, 1.54) is 27.4 Å². The Morgan fingerprint density at radius 1 is 0.923 bits per heavy atom. The first-order valence-electron chi connectivity index (χ1n) is 7.83. The van der Waals surface area contributed by atoms with E-state index in [9.17, 15) is 8.42 Å². The quantitative estimate of drug-likeness (QED) is 0.718. The molecule has 1 N–H and O–H groups in total. The number of benzene rings is 2. The van der Waals surface area contributed by atoms with Crippen LogP contribution in [0.5, 0.6) is 17.2 Å². The van der Waals surface area contributed by atoms with Crippen molar-refractivity contribution in [1.29, 1.82) is 0 Å². The molecule has 0 radical (unpaired) electrons. The van der Waals surface area contributed by atoms with Gasteiger partial charge in [0.1, 0.15) is 22.1 Å². The lowest BCUT2D eigenvalue weighted by molar-refractivity contribution is 0.107. The average molecular weight is 381 g/mol. The number of hydrogen-bond acceptors (Lipinski definition) is 6. The molecule has 0 fully saturated rings. The lowest BCUT2D eigenvalue weighted by Gasteiger charge is -2.18. The van der Waals surface area contributed by atoms with Gasteiger partial charge in [0.05, 0.1) is 27.4 Å². The molecule has 2 rings (SSSR count). The third-order valence-electron chi connectivity index (χ3n) is 3.87. The first-order chi connectivity index (χ1) is 12.4. The van der Waals surface area contributed by atoms with Crippen LogP contribution in [0.1, 0.15) is 11.7 Å². The number of sulfonamides is 1. The Morgan fingerprint density at radius 2 is 1.62 bits per heavy atom. The standard InChI is InChI=1S/C18H23NO6S/c1-22-14-7-5-6-13(10-14)17(25-4)12-19-26(20,21)18-11-15(23-2)8-9-16(18)24-3/h5-11,17,19H,12H2,1-4H3/t17-/m1/s1. The highest BCUT2D eigenvalue weighted by Crippen LogP contribution is 2.28. The minimum Gasteiger partial charge on any atom is -0.497 e. The van der Waals surface area contributed by atoms with Gasteiger partial charge in [-0.2, -0.15) is 0 Å². The average Bonchev–Trinajstić information content (AvgIpc) is 2.68. The van der Waals surface area contributed by atoms with Crippen molar-refractivity contribution in [3.63, 3.8) is 0 Å². The Labute approximate surface area is 153 Å². The molecule has 7 nitrogen and oxygen atoms in total. The highest BCUT2D eigenvalue weighted by Gasteiger charge is 2.22. The van der Waals surface area contributed by atoms with Gasteiger partial charge >= 0.3 is 0 Å². The van der Waals surface area contributed by atoms with Crippen molar-refractivity contribution in [2.45, 2.75) is 11.0 Å². The normalized spacial score (nSPS) is 12.5. The van der Waals surface area contributed by atoms with Crippen molar-refractivity contribution < 1.29 is 27.4 Å². The number of methoxy groups -OCH3 is 4. The van der Waals surface area contributed by atoms with Gasteiger partial charge < -0.3 is 18.9 Å². The highest BCUT2D eigenvalue weighted by atomic mass is 32.2. The molecule has 8 heteroatoms. The summed E-state index contributed by atoms with van der Waals surface area (Å²) in [5.74, 6) is 1.32. The molecule has 26 heavy (non-hydrogen) atoms. The van der Waals surface area contributed by atoms with Gasteiger partial charge in [0.25, 0.3) is 0 Å². The fourth-order valence-corrected chi connectivity index (χ4v) is 3.65. The zero-order valence-corrected chi connectivity index (χ0v) is 16.0. The minimum atomic E-state index is -3.83. The Hall–Kier alpha value is -2.29. The Bertz CT molecular complexity index is 837. The summed E-state index contributed by atoms with van der Waals surface area (Å²) in [6, 6.07) is 11.9. The van der Waals surface area contributed by atoms with Gasteiger partial charge in [-0.05, 0) is 29.8 Å². The molecule has 0 amide bonds. The maximum absolute atomic E-state index is 12.7. The predicted molar refractivity (Wildman–Crippen MR) is 97.5 cm³/mol. The smallest absolute Gasteiger partial charge is 0.244 e. The first kappa shape index (κ1) is 20.0. The molecule has 0 aliphatic heterocycles. The Kier molecular flexibility index (Phi) is 6.84. The van der Waals surface area contributed by atoms with Crippen molar-refractivity contribution in [3.05, 3.63) is 48.0 Å². The van der Waals surface area contributed by atoms with Crippen LogP contribution in [0, 0.1) is 0 Å². The lowest BCUT2D eigenvalue weighted by Crippen LogP contribution is -2.29. The second-order valence-electron chi connectivity index (χ2n) is 5.37. The summed E-state index contributed by atoms with van der Waals surface area (Å²) in [5.41, 5.74) is 0.798. The van der Waals surface area contributed by atoms with Gasteiger partial charge in [-0.15, -0.1) is 0 Å². The number of ether oxygens (including phenoxy) is 4. The van der Waals surface area contributed by atoms with E-state index in [2.05, 4.69) is 4.72 Å². The van der Waals surface area contributed by atoms with Crippen LogP contribution in [0.4, 0.5) is 0 Å². The molecule has 0 saturated carbocycles. The molecule has 1 atom stereocenters. The maximum Gasteiger partial charge on any atom is 0.244 e. The van der Waals surface area contributed by atoms with E-state index in [1.54, 1.807) is 25.3 Å². The van der Waals surface area contributed by atoms with Crippen LogP contribution in [-0.4, -0.2) is 43.4 Å². The number of hydrogen-bond donors (Lipinski definition) is 1. The molecule has 0 unspecified atom stereocenters. The molecule has 0 aliphatic rings. The minimum absolute atomic E-state index is 0.000143. The van der Waals surface area contributed by atoms with Gasteiger partial charge in [0.2, 0.25) is 10.0 Å². The van der Waals surface area contributed by atoms with Crippen LogP contribution in [-0.2, 0) is 14.8 Å². The molecular formula is C18H23NO6S. The second-order valence-corrected chi connectivity index (χ2v) is 7.11. The summed E-state index contributed by atoms with van der Waals surface area (Å²) in [4.78, 5) is -0.000143. The number of nitrogens with one attached hydrogen (secondary N) is 1. The molecule has 0 saturated heterocycles. The van der Waals surface area contributed by atoms with Crippen LogP contribution in [0.2, 0.25) is 0 Å². The molecule has 2 aromatic carbocycles. The van der Waals surface area contributed by atoms with Gasteiger partial charge in [-0.25, -0.2) is 13.1 Å². The number of rotatable bonds is 9. The lowest BCUT2D eigenvalue weighted by atomic mass is 10.1. The van der Waals surface area contributed by atoms with Crippen LogP contribution < -0.4 is 18.9 Å². The van der Waals surface area contributed by atoms with Crippen molar-refractivity contribution in [1.82, 2.24) is 4.72 Å². The SMILES string of the molecule is COc1cccc([C@@H](CNS(=O)(=O)c2cc(OC)ccc2OC)OC)c1. The van der Waals surface area contributed by atoms with E-state index in [0.29, 0.717) is 11.5 Å². The van der Waals surface area contributed by atoms with Gasteiger partial charge in [-0.3, -0.25) is 0 Å². The molecule has 0 aliphatic carbocycles. The Morgan fingerprint density at radius 3 is 2.23 bits per heavy atom. The fourth-order valence-electron chi connectivity index (χ4n) is 2.44. The summed E-state index contributed by atoms with van der Waals surface area (Å²) < 4.78 is 48.9. The molecule has 2 aromatic rings. The zero-order valence-electron chi connectivity index (χ0n) is 15.2. The van der Waals surface area contributed by atoms with E-state index in [1.807, 2.05) is 18.2 Å². The monoisotopic (exact) mass is 381 g/mol. The summed E-state index contributed by atoms with van der Waals surface area (Å²) >= 11 is 0. The fraction of sp³-hybridized carbons (Fsp3) is 0.333. The van der Waals surface area contributed by atoms with E-state index in [0.717, 1.165) is 5.56 Å². The third kappa shape index (κ3) is 4.66. The molecule has 0 bridgehead atoms. The summed E-state index contributed by atoms with van der Waals surface area (Å²) in [5, 5.41) is 0. The van der Waals surface area contributed by atoms with E-state index >= 15 is 0 Å². The maximum atomic E-state index is 12.7. The summed E-state index contributed by atoms with van der Waals surface area (Å²) in [6.45, 7) is 0.0480. The van der Waals surface area contributed by atoms with Gasteiger partial charge in [0, 0.05) is 19.7 Å². The van der Waals surface area contributed by atoms with Crippen LogP contribution in [0.15, 0.2) is 47.4 Å². The topological polar surface area (TPSA) is 83.1 Å². The molecule has 0 spiro atoms. The second kappa shape index (κ2) is 8.88. The Balaban J connectivity index is 2.23. The van der Waals surface area contributed by atoms with E-state index in [4.69, 9.17) is 18.9 Å². The van der Waals surface area contributed by atoms with Gasteiger partial charge in [-0.1, -0.05) is 12.1 Å². The van der Waals surface area contributed by atoms with Gasteiger partial charge in [0.15, 0.2) is 0 Å². The predicted octanol–water partition coefficient (Wildman–Crippen LogP) is 2.38. The van der Waals surface area contributed by atoms with Crippen LogP contribution in [0.3, 0.4) is 0 Å². The molecule has 0 heterocycles. The van der Waals surface area contributed by atoms with Crippen LogP contribution in [0.25, 0.3) is 0 Å². The third-order valence-corrected chi connectivity index (χ3v) is 5.31. The van der Waals surface area contributed by atoms with Crippen molar-refractivity contribution >= 4 is 10.0 Å². The molecule has 0 aromatic heterocycles. The molecule has 142 valence electrons. The highest BCUT2D eigenvalue weighted by molar-refractivity contribution is 7.89.